The summed E-state index contributed by atoms with van der Waals surface area (Å²) in [5.74, 6) is 4.61. The molecule has 0 aliphatic heterocycles. The molecule has 0 unspecified atom stereocenters. The van der Waals surface area contributed by atoms with Gasteiger partial charge in [0.2, 0.25) is 5.95 Å². The third-order valence-electron chi connectivity index (χ3n) is 15.5. The van der Waals surface area contributed by atoms with Gasteiger partial charge in [-0.2, -0.15) is 4.98 Å². The number of aromatic nitrogens is 9. The molecule has 8 heterocycles. The first kappa shape index (κ1) is 73.5. The average molecular weight is 1400 g/mol. The second-order valence-electron chi connectivity index (χ2n) is 23.3. The molecule has 10 aromatic rings. The summed E-state index contributed by atoms with van der Waals surface area (Å²) in [5.41, 5.74) is 22.6. The van der Waals surface area contributed by atoms with Gasteiger partial charge < -0.3 is 41.2 Å². The third-order valence-corrected chi connectivity index (χ3v) is 20.0. The zero-order chi connectivity index (χ0) is 69.7. The number of ether oxygens (including phenoxy) is 2. The van der Waals surface area contributed by atoms with Crippen LogP contribution in [0.2, 0.25) is 5.02 Å². The monoisotopic (exact) mass is 1400 g/mol. The number of benzene rings is 2. The van der Waals surface area contributed by atoms with Crippen LogP contribution in [0, 0.1) is 108 Å². The van der Waals surface area contributed by atoms with E-state index in [1.807, 2.05) is 109 Å². The number of thioether (sulfide) groups is 2. The predicted octanol–water partition coefficient (Wildman–Crippen LogP) is 14.5. The van der Waals surface area contributed by atoms with Crippen LogP contribution < -0.4 is 25.8 Å². The molecule has 23 nitrogen and oxygen atoms in total. The topological polar surface area (TPSA) is 332 Å². The molecule has 2 fully saturated rings. The molecule has 0 amide bonds. The number of nitro groups is 2. The van der Waals surface area contributed by atoms with Crippen LogP contribution in [0.1, 0.15) is 93.0 Å². The van der Waals surface area contributed by atoms with Gasteiger partial charge in [0.15, 0.2) is 0 Å². The number of nitrogens with zero attached hydrogens (tertiary/aromatic N) is 11. The lowest BCUT2D eigenvalue weighted by molar-refractivity contribution is -0.388. The third kappa shape index (κ3) is 19.5. The predicted molar refractivity (Wildman–Crippen MR) is 384 cm³/mol. The maximum absolute atomic E-state index is 11.2. The fraction of sp³-hybridized carbons (Fsp3) is 0.368. The molecule has 0 spiro atoms. The van der Waals surface area contributed by atoms with E-state index in [0.717, 1.165) is 112 Å². The Kier molecular flexibility index (Phi) is 25.7. The largest absolute Gasteiger partial charge is 0.497 e. The van der Waals surface area contributed by atoms with Crippen molar-refractivity contribution in [3.63, 3.8) is 0 Å². The van der Waals surface area contributed by atoms with Gasteiger partial charge in [-0.15, -0.1) is 46.2 Å². The number of thiazole rings is 2. The van der Waals surface area contributed by atoms with Gasteiger partial charge in [0.05, 0.1) is 95.6 Å². The van der Waals surface area contributed by atoms with Crippen LogP contribution in [0.25, 0.3) is 31.0 Å². The van der Waals surface area contributed by atoms with Gasteiger partial charge in [-0.05, 0) is 167 Å². The van der Waals surface area contributed by atoms with E-state index in [9.17, 15) is 35.5 Å². The van der Waals surface area contributed by atoms with Crippen LogP contribution in [-0.4, -0.2) is 116 Å². The molecule has 8 aromatic heterocycles. The van der Waals surface area contributed by atoms with Gasteiger partial charge in [-0.25, -0.2) is 15.0 Å². The van der Waals surface area contributed by atoms with Gasteiger partial charge in [0.1, 0.15) is 50.4 Å². The minimum Gasteiger partial charge on any atom is -0.497 e. The fourth-order valence-electron chi connectivity index (χ4n) is 10.5. The summed E-state index contributed by atoms with van der Waals surface area (Å²) in [6.07, 6.45) is 0.905. The van der Waals surface area contributed by atoms with Crippen molar-refractivity contribution in [3.8, 4) is 22.1 Å². The van der Waals surface area contributed by atoms with Crippen LogP contribution in [-0.2, 0) is 11.5 Å². The molecule has 0 radical (unpaired) electrons. The number of nitrogens with one attached hydrogen (secondary N) is 2. The van der Waals surface area contributed by atoms with E-state index in [-0.39, 0.29) is 33.8 Å². The van der Waals surface area contributed by atoms with E-state index >= 15 is 0 Å². The molecule has 2 aromatic carbocycles. The van der Waals surface area contributed by atoms with Crippen molar-refractivity contribution >= 4 is 107 Å². The molecular weight excluding hydrogens is 1320 g/mol. The molecule has 2 aliphatic rings. The highest BCUT2D eigenvalue weighted by Gasteiger charge is 2.42. The number of pyridine rings is 5. The van der Waals surface area contributed by atoms with Crippen LogP contribution in [0.15, 0.2) is 94.2 Å². The first-order valence-corrected chi connectivity index (χ1v) is 34.7. The number of aliphatic hydroxyl groups excluding tert-OH is 3. The highest BCUT2D eigenvalue weighted by atomic mass is 35.5. The Balaban J connectivity index is 0.000000163. The molecule has 2 aliphatic carbocycles. The maximum atomic E-state index is 11.2. The number of rotatable bonds is 17. The number of fused-ring (bicyclic) bond motifs is 2. The SMILES string of the molecule is COc1ccc(CSc2cc(C)nc(C)c2N)cc1.COc1ccc(CSc2cc(C)nc(C)c2[N+](=O)[O-])cc1.Cc1cc(Cl)c([N+](=O)[O-])c(C)n1.Cc1cc2nc(-c3c(C)nc(NCC4CC4)nc3N[C@@H]3C[C@H](CO)[C@@H](O)[C@H]3O)sc2c(C)n1.Cc1cc2scnc2c(C)n1. The van der Waals surface area contributed by atoms with E-state index in [0.29, 0.717) is 51.8 Å². The van der Waals surface area contributed by atoms with Crippen molar-refractivity contribution < 1.29 is 34.6 Å². The summed E-state index contributed by atoms with van der Waals surface area (Å²) < 4.78 is 12.5. The standard InChI is InChI=1S/C23H30N6O3S.C15H16N2O3S.C15H18N2OS.C8H8N2S.C7H7ClN2O2/c1-10-6-16-20(12(3)25-10)33-22(28-16)17-11(2)26-23(24-8-13-4-5-13)29-21(17)27-15-7-14(9-30)18(31)19(15)32;1-10-8-14(15(17(18)19)11(2)16-10)21-9-12-4-6-13(20-3)7-5-12;1-10-8-14(15(16)11(2)17-10)19-9-12-4-6-13(18-3)7-5-12;1-5-3-7-8(6(2)10-5)9-4-11-7;1-4-3-6(8)7(10(11)12)5(2)9-4/h6,13-15,18-19,30-32H,4-5,7-9H2,1-3H3,(H2,24,26,27,29);4-8H,9H2,1-3H3;4-8H,9,16H2,1-3H3;3-4H,1-2H3;3H,1-2H3/t14-,15-,18-,19+;;;;/m1..../s1. The Morgan fingerprint density at radius 3 is 1.74 bits per heavy atom. The first-order chi connectivity index (χ1) is 45.7. The van der Waals surface area contributed by atoms with Gasteiger partial charge in [-0.1, -0.05) is 35.9 Å². The molecule has 506 valence electrons. The van der Waals surface area contributed by atoms with Gasteiger partial charge in [-0.3, -0.25) is 45.1 Å². The Hall–Kier alpha value is -8.28. The number of nitrogen functional groups attached to an aromatic ring is 1. The molecule has 96 heavy (non-hydrogen) atoms. The van der Waals surface area contributed by atoms with Crippen molar-refractivity contribution in [2.24, 2.45) is 11.8 Å². The number of aliphatic hydroxyl groups is 3. The summed E-state index contributed by atoms with van der Waals surface area (Å²) in [6, 6.07) is 24.7. The van der Waals surface area contributed by atoms with E-state index in [4.69, 9.17) is 41.8 Å². The molecule has 28 heteroatoms. The van der Waals surface area contributed by atoms with E-state index in [2.05, 4.69) is 58.7 Å². The summed E-state index contributed by atoms with van der Waals surface area (Å²) in [6.45, 7) is 21.3. The second-order valence-corrected chi connectivity index (χ2v) is 27.6. The minimum atomic E-state index is -1.00. The normalized spacial score (nSPS) is 15.4. The number of halogens is 1. The number of hydrogen-bond acceptors (Lipinski definition) is 25. The minimum absolute atomic E-state index is 0.0964. The van der Waals surface area contributed by atoms with E-state index in [1.165, 1.54) is 40.9 Å². The Morgan fingerprint density at radius 1 is 0.646 bits per heavy atom. The lowest BCUT2D eigenvalue weighted by Crippen LogP contribution is -2.35. The Morgan fingerprint density at radius 2 is 1.18 bits per heavy atom. The molecular formula is C68H79ClN14O9S4. The van der Waals surface area contributed by atoms with Crippen molar-refractivity contribution in [3.05, 3.63) is 183 Å². The molecule has 0 bridgehead atoms. The summed E-state index contributed by atoms with van der Waals surface area (Å²) in [5, 5.41) is 59.7. The van der Waals surface area contributed by atoms with Crippen molar-refractivity contribution in [1.82, 2.24) is 44.9 Å². The Bertz CT molecular complexity index is 4350. The number of nitrogens with two attached hydrogens (primary N) is 1. The lowest BCUT2D eigenvalue weighted by Gasteiger charge is -2.21. The highest BCUT2D eigenvalue weighted by Crippen LogP contribution is 2.40. The second kappa shape index (κ2) is 33.6. The van der Waals surface area contributed by atoms with E-state index in [1.54, 1.807) is 75.5 Å². The van der Waals surface area contributed by atoms with Crippen LogP contribution >= 0.6 is 57.8 Å². The number of aryl methyl sites for hydroxylation is 11. The van der Waals surface area contributed by atoms with Crippen molar-refractivity contribution in [2.75, 3.05) is 43.7 Å². The molecule has 2 saturated carbocycles. The van der Waals surface area contributed by atoms with Crippen LogP contribution in [0.5, 0.6) is 11.5 Å². The van der Waals surface area contributed by atoms with Gasteiger partial charge in [0, 0.05) is 63.9 Å². The average Bonchev–Trinajstić information content (AvgIpc) is 1.57. The number of hydrogen-bond donors (Lipinski definition) is 6. The summed E-state index contributed by atoms with van der Waals surface area (Å²) in [7, 11) is 3.29. The van der Waals surface area contributed by atoms with Crippen molar-refractivity contribution in [2.45, 2.75) is 135 Å². The van der Waals surface area contributed by atoms with Gasteiger partial charge >= 0.3 is 11.4 Å². The van der Waals surface area contributed by atoms with Gasteiger partial charge in [0.25, 0.3) is 0 Å². The van der Waals surface area contributed by atoms with Crippen LogP contribution in [0.4, 0.5) is 28.8 Å². The molecule has 12 rings (SSSR count). The van der Waals surface area contributed by atoms with Crippen LogP contribution in [0.3, 0.4) is 0 Å². The zero-order valence-corrected chi connectivity index (χ0v) is 59.7. The summed E-state index contributed by atoms with van der Waals surface area (Å²) in [4.78, 5) is 62.3. The lowest BCUT2D eigenvalue weighted by atomic mass is 10.1. The molecule has 0 saturated heterocycles. The maximum Gasteiger partial charge on any atom is 0.308 e. The smallest absolute Gasteiger partial charge is 0.308 e. The first-order valence-electron chi connectivity index (χ1n) is 30.7. The quantitative estimate of drug-likeness (QED) is 0.0280. The number of methoxy groups -OCH3 is 2. The highest BCUT2D eigenvalue weighted by molar-refractivity contribution is 7.99. The Labute approximate surface area is 578 Å². The molecule has 7 N–H and O–H groups in total. The van der Waals surface area contributed by atoms with Crippen molar-refractivity contribution in [1.29, 1.82) is 0 Å². The number of anilines is 3. The summed E-state index contributed by atoms with van der Waals surface area (Å²) >= 11 is 12.0. The van der Waals surface area contributed by atoms with E-state index < -0.39 is 23.2 Å². The molecule has 4 atom stereocenters. The fourth-order valence-corrected chi connectivity index (χ4v) is 15.0. The zero-order valence-electron chi connectivity index (χ0n) is 55.7.